The highest BCUT2D eigenvalue weighted by atomic mass is 32.1. The maximum atomic E-state index is 11.4. The number of rotatable bonds is 3. The molecule has 16 heavy (non-hydrogen) atoms. The largest absolute Gasteiger partial charge is 0.311 e. The van der Waals surface area contributed by atoms with E-state index in [-0.39, 0.29) is 5.91 Å². The number of anilines is 1. The molecule has 2 rings (SSSR count). The summed E-state index contributed by atoms with van der Waals surface area (Å²) in [5.41, 5.74) is 1.11. The van der Waals surface area contributed by atoms with Crippen molar-refractivity contribution in [2.45, 2.75) is 25.8 Å². The van der Waals surface area contributed by atoms with E-state index in [0.717, 1.165) is 25.2 Å². The Kier molecular flexibility index (Phi) is 3.54. The number of terminal acetylenes is 1. The molecule has 0 unspecified atom stereocenters. The lowest BCUT2D eigenvalue weighted by molar-refractivity contribution is -0.116. The minimum absolute atomic E-state index is 0.0583. The molecule has 1 aromatic heterocycles. The van der Waals surface area contributed by atoms with Crippen LogP contribution >= 0.6 is 11.3 Å². The number of thiazole rings is 1. The number of fused-ring (bicyclic) bond motifs is 1. The molecule has 84 valence electrons. The van der Waals surface area contributed by atoms with Crippen LogP contribution in [0.2, 0.25) is 0 Å². The monoisotopic (exact) mass is 235 g/mol. The van der Waals surface area contributed by atoms with Crippen molar-refractivity contribution in [2.75, 3.05) is 11.9 Å². The van der Waals surface area contributed by atoms with Crippen molar-refractivity contribution >= 4 is 22.4 Å². The van der Waals surface area contributed by atoms with E-state index in [1.165, 1.54) is 16.2 Å². The topological polar surface area (TPSA) is 54.0 Å². The lowest BCUT2D eigenvalue weighted by atomic mass is 10.2. The highest BCUT2D eigenvalue weighted by Crippen LogP contribution is 2.25. The zero-order valence-electron chi connectivity index (χ0n) is 8.88. The number of hydrogen-bond donors (Lipinski definition) is 2. The average Bonchev–Trinajstić information content (AvgIpc) is 2.68. The maximum absolute atomic E-state index is 11.4. The molecule has 1 aliphatic rings. The summed E-state index contributed by atoms with van der Waals surface area (Å²) in [5, 5.41) is 6.74. The first-order valence-corrected chi connectivity index (χ1v) is 6.04. The Morgan fingerprint density at radius 2 is 2.56 bits per heavy atom. The van der Waals surface area contributed by atoms with Crippen LogP contribution in [-0.4, -0.2) is 17.4 Å². The number of carbonyl (C=O) groups is 1. The molecule has 5 heteroatoms. The summed E-state index contributed by atoms with van der Waals surface area (Å²) in [5.74, 6) is 2.39. The summed E-state index contributed by atoms with van der Waals surface area (Å²) in [6, 6.07) is 0. The van der Waals surface area contributed by atoms with Gasteiger partial charge in [0.25, 0.3) is 0 Å². The van der Waals surface area contributed by atoms with Crippen LogP contribution < -0.4 is 10.6 Å². The molecule has 1 aromatic rings. The Hall–Kier alpha value is -1.38. The molecule has 0 saturated heterocycles. The van der Waals surface area contributed by atoms with E-state index in [1.54, 1.807) is 0 Å². The van der Waals surface area contributed by atoms with Gasteiger partial charge in [-0.1, -0.05) is 0 Å². The van der Waals surface area contributed by atoms with E-state index in [9.17, 15) is 4.79 Å². The Morgan fingerprint density at radius 1 is 1.69 bits per heavy atom. The molecule has 4 nitrogen and oxygen atoms in total. The van der Waals surface area contributed by atoms with Gasteiger partial charge in [-0.2, -0.15) is 0 Å². The second kappa shape index (κ2) is 5.10. The molecule has 0 bridgehead atoms. The fourth-order valence-electron chi connectivity index (χ4n) is 1.55. The second-order valence-electron chi connectivity index (χ2n) is 3.57. The Morgan fingerprint density at radius 3 is 3.31 bits per heavy atom. The molecule has 2 heterocycles. The van der Waals surface area contributed by atoms with Gasteiger partial charge in [0.05, 0.1) is 5.69 Å². The van der Waals surface area contributed by atoms with Crippen molar-refractivity contribution in [2.24, 2.45) is 0 Å². The predicted molar refractivity (Wildman–Crippen MR) is 64.2 cm³/mol. The first-order valence-electron chi connectivity index (χ1n) is 5.22. The van der Waals surface area contributed by atoms with Gasteiger partial charge in [-0.3, -0.25) is 4.79 Å². The first-order chi connectivity index (χ1) is 7.79. The SMILES string of the molecule is C#CCCC(=O)Nc1nc2c(s1)CNCC2. The molecule has 0 atom stereocenters. The maximum Gasteiger partial charge on any atom is 0.227 e. The quantitative estimate of drug-likeness (QED) is 0.772. The lowest BCUT2D eigenvalue weighted by Gasteiger charge is -2.09. The van der Waals surface area contributed by atoms with E-state index < -0.39 is 0 Å². The van der Waals surface area contributed by atoms with Crippen LogP contribution in [0.25, 0.3) is 0 Å². The van der Waals surface area contributed by atoms with Crippen LogP contribution in [0.4, 0.5) is 5.13 Å². The molecular weight excluding hydrogens is 222 g/mol. The van der Waals surface area contributed by atoms with Gasteiger partial charge in [0.15, 0.2) is 5.13 Å². The van der Waals surface area contributed by atoms with E-state index in [1.807, 2.05) is 0 Å². The minimum atomic E-state index is -0.0583. The van der Waals surface area contributed by atoms with Crippen LogP contribution in [0.1, 0.15) is 23.4 Å². The van der Waals surface area contributed by atoms with Gasteiger partial charge in [0.2, 0.25) is 5.91 Å². The lowest BCUT2D eigenvalue weighted by Crippen LogP contribution is -2.22. The van der Waals surface area contributed by atoms with Gasteiger partial charge in [-0.05, 0) is 0 Å². The van der Waals surface area contributed by atoms with Crippen LogP contribution in [0.15, 0.2) is 0 Å². The molecule has 0 fully saturated rings. The zero-order valence-corrected chi connectivity index (χ0v) is 9.69. The number of hydrogen-bond acceptors (Lipinski definition) is 4. The van der Waals surface area contributed by atoms with Crippen molar-refractivity contribution in [3.05, 3.63) is 10.6 Å². The van der Waals surface area contributed by atoms with Gasteiger partial charge in [0.1, 0.15) is 0 Å². The molecule has 1 amide bonds. The standard InChI is InChI=1S/C11H13N3OS/c1-2-3-4-10(15)14-11-13-8-5-6-12-7-9(8)16-11/h1,12H,3-7H2,(H,13,14,15). The van der Waals surface area contributed by atoms with E-state index >= 15 is 0 Å². The zero-order chi connectivity index (χ0) is 11.4. The third-order valence-electron chi connectivity index (χ3n) is 2.35. The summed E-state index contributed by atoms with van der Waals surface area (Å²) < 4.78 is 0. The van der Waals surface area contributed by atoms with Crippen LogP contribution in [-0.2, 0) is 17.8 Å². The predicted octanol–water partition coefficient (Wildman–Crippen LogP) is 1.14. The van der Waals surface area contributed by atoms with Gasteiger partial charge >= 0.3 is 0 Å². The number of nitrogens with one attached hydrogen (secondary N) is 2. The fourth-order valence-corrected chi connectivity index (χ4v) is 2.54. The molecule has 0 radical (unpaired) electrons. The minimum Gasteiger partial charge on any atom is -0.311 e. The van der Waals surface area contributed by atoms with E-state index in [0.29, 0.717) is 18.0 Å². The highest BCUT2D eigenvalue weighted by molar-refractivity contribution is 7.15. The molecule has 0 aromatic carbocycles. The molecule has 1 aliphatic heterocycles. The summed E-state index contributed by atoms with van der Waals surface area (Å²) in [6.45, 7) is 1.81. The van der Waals surface area contributed by atoms with Crippen LogP contribution in [0.3, 0.4) is 0 Å². The third kappa shape index (κ3) is 2.60. The van der Waals surface area contributed by atoms with Crippen molar-refractivity contribution in [3.63, 3.8) is 0 Å². The van der Waals surface area contributed by atoms with Crippen LogP contribution in [0.5, 0.6) is 0 Å². The van der Waals surface area contributed by atoms with Gasteiger partial charge in [-0.15, -0.1) is 23.7 Å². The Balaban J connectivity index is 1.97. The highest BCUT2D eigenvalue weighted by Gasteiger charge is 2.15. The van der Waals surface area contributed by atoms with Crippen molar-refractivity contribution in [3.8, 4) is 12.3 Å². The normalized spacial score (nSPS) is 13.9. The van der Waals surface area contributed by atoms with Gasteiger partial charge < -0.3 is 10.6 Å². The van der Waals surface area contributed by atoms with Crippen molar-refractivity contribution in [1.82, 2.24) is 10.3 Å². The number of nitrogens with zero attached hydrogens (tertiary/aromatic N) is 1. The van der Waals surface area contributed by atoms with Gasteiger partial charge in [-0.25, -0.2) is 4.98 Å². The fraction of sp³-hybridized carbons (Fsp3) is 0.455. The second-order valence-corrected chi connectivity index (χ2v) is 4.65. The number of amides is 1. The average molecular weight is 235 g/mol. The first kappa shape index (κ1) is 11.1. The number of aromatic nitrogens is 1. The molecule has 0 saturated carbocycles. The molecule has 0 aliphatic carbocycles. The van der Waals surface area contributed by atoms with Crippen molar-refractivity contribution < 1.29 is 4.79 Å². The number of carbonyl (C=O) groups excluding carboxylic acids is 1. The molecule has 2 N–H and O–H groups in total. The third-order valence-corrected chi connectivity index (χ3v) is 3.36. The van der Waals surface area contributed by atoms with Gasteiger partial charge in [0, 0.05) is 37.2 Å². The smallest absolute Gasteiger partial charge is 0.227 e. The Labute approximate surface area is 98.5 Å². The van der Waals surface area contributed by atoms with Crippen LogP contribution in [0, 0.1) is 12.3 Å². The Bertz CT molecular complexity index is 409. The summed E-state index contributed by atoms with van der Waals surface area (Å²) in [6.07, 6.45) is 6.87. The summed E-state index contributed by atoms with van der Waals surface area (Å²) >= 11 is 1.54. The van der Waals surface area contributed by atoms with E-state index in [4.69, 9.17) is 6.42 Å². The molecular formula is C11H13N3OS. The van der Waals surface area contributed by atoms with Crippen molar-refractivity contribution in [1.29, 1.82) is 0 Å². The summed E-state index contributed by atoms with van der Waals surface area (Å²) in [7, 11) is 0. The summed E-state index contributed by atoms with van der Waals surface area (Å²) in [4.78, 5) is 17.0. The molecule has 0 spiro atoms. The van der Waals surface area contributed by atoms with E-state index in [2.05, 4.69) is 21.5 Å².